The number of halogens is 1. The van der Waals surface area contributed by atoms with Crippen molar-refractivity contribution in [3.8, 4) is 5.75 Å². The summed E-state index contributed by atoms with van der Waals surface area (Å²) in [5, 5.41) is 3.53. The minimum absolute atomic E-state index is 0.226. The smallest absolute Gasteiger partial charge is 0.123 e. The normalized spacial score (nSPS) is 18.6. The van der Waals surface area contributed by atoms with Crippen LogP contribution in [0.5, 0.6) is 5.75 Å². The molecule has 0 amide bonds. The maximum atomic E-state index is 5.95. The van der Waals surface area contributed by atoms with Crippen LogP contribution in [-0.4, -0.2) is 28.2 Å². The van der Waals surface area contributed by atoms with E-state index in [9.17, 15) is 0 Å². The number of hydrogen-bond donors (Lipinski definition) is 1. The van der Waals surface area contributed by atoms with Crippen molar-refractivity contribution in [3.63, 3.8) is 0 Å². The first-order chi connectivity index (χ1) is 9.70. The molecule has 1 aromatic carbocycles. The van der Waals surface area contributed by atoms with E-state index in [0.717, 1.165) is 29.7 Å². The van der Waals surface area contributed by atoms with E-state index < -0.39 is 0 Å². The lowest BCUT2D eigenvalue weighted by Gasteiger charge is -2.17. The van der Waals surface area contributed by atoms with Crippen LogP contribution in [0.1, 0.15) is 12.5 Å². The summed E-state index contributed by atoms with van der Waals surface area (Å²) in [5.74, 6) is 1.02. The highest BCUT2D eigenvalue weighted by Gasteiger charge is 2.23. The molecule has 1 aliphatic heterocycles. The Balaban J connectivity index is 1.48. The monoisotopic (exact) mass is 335 g/mol. The molecule has 106 valence electrons. The van der Waals surface area contributed by atoms with E-state index in [1.165, 1.54) is 5.56 Å². The predicted octanol–water partition coefficient (Wildman–Crippen LogP) is 2.63. The molecule has 4 nitrogen and oxygen atoms in total. The lowest BCUT2D eigenvalue weighted by Crippen LogP contribution is -2.37. The molecule has 0 bridgehead atoms. The first-order valence-corrected chi connectivity index (χ1v) is 7.64. The number of hydrogen-bond acceptors (Lipinski definition) is 3. The SMILES string of the molecule is CC(Cn1ccnc1)NCC1Cc2cc(Br)ccc2O1. The topological polar surface area (TPSA) is 39.1 Å². The Kier molecular flexibility index (Phi) is 4.08. The van der Waals surface area contributed by atoms with Gasteiger partial charge >= 0.3 is 0 Å². The summed E-state index contributed by atoms with van der Waals surface area (Å²) in [5.41, 5.74) is 1.29. The van der Waals surface area contributed by atoms with Crippen molar-refractivity contribution >= 4 is 15.9 Å². The van der Waals surface area contributed by atoms with E-state index in [2.05, 4.69) is 43.8 Å². The number of nitrogens with one attached hydrogen (secondary N) is 1. The summed E-state index contributed by atoms with van der Waals surface area (Å²) in [6.45, 7) is 3.96. The molecule has 0 saturated carbocycles. The summed E-state index contributed by atoms with van der Waals surface area (Å²) in [6, 6.07) is 6.60. The van der Waals surface area contributed by atoms with Gasteiger partial charge in [-0.1, -0.05) is 15.9 Å². The van der Waals surface area contributed by atoms with Gasteiger partial charge in [0.1, 0.15) is 11.9 Å². The third-order valence-electron chi connectivity index (χ3n) is 3.50. The summed E-state index contributed by atoms with van der Waals surface area (Å²) in [6.07, 6.45) is 6.83. The molecule has 1 N–H and O–H groups in total. The molecule has 1 aromatic heterocycles. The van der Waals surface area contributed by atoms with Gasteiger partial charge in [-0.2, -0.15) is 0 Å². The van der Waals surface area contributed by atoms with Crippen LogP contribution in [0.25, 0.3) is 0 Å². The van der Waals surface area contributed by atoms with E-state index in [-0.39, 0.29) is 6.10 Å². The van der Waals surface area contributed by atoms with Gasteiger partial charge in [0.2, 0.25) is 0 Å². The highest BCUT2D eigenvalue weighted by molar-refractivity contribution is 9.10. The lowest BCUT2D eigenvalue weighted by atomic mass is 10.1. The molecule has 0 aliphatic carbocycles. The van der Waals surface area contributed by atoms with Gasteiger partial charge in [-0.15, -0.1) is 0 Å². The highest BCUT2D eigenvalue weighted by atomic mass is 79.9. The molecule has 0 radical (unpaired) electrons. The third-order valence-corrected chi connectivity index (χ3v) is 3.99. The van der Waals surface area contributed by atoms with Gasteiger partial charge in [-0.25, -0.2) is 4.98 Å². The second-order valence-electron chi connectivity index (χ2n) is 5.26. The molecule has 2 aromatic rings. The standard InChI is InChI=1S/C15H18BrN3O/c1-11(9-19-5-4-17-10-19)18-8-14-7-12-6-13(16)2-3-15(12)20-14/h2-6,10-11,14,18H,7-9H2,1H3. The van der Waals surface area contributed by atoms with E-state index in [1.54, 1.807) is 6.20 Å². The second kappa shape index (κ2) is 5.97. The van der Waals surface area contributed by atoms with E-state index in [1.807, 2.05) is 24.7 Å². The first kappa shape index (κ1) is 13.6. The Morgan fingerprint density at radius 3 is 3.25 bits per heavy atom. The molecule has 0 spiro atoms. The number of imidazole rings is 1. The van der Waals surface area contributed by atoms with Crippen LogP contribution in [0.3, 0.4) is 0 Å². The maximum absolute atomic E-state index is 5.95. The van der Waals surface area contributed by atoms with E-state index >= 15 is 0 Å². The molecule has 0 saturated heterocycles. The minimum atomic E-state index is 0.226. The number of benzene rings is 1. The summed E-state index contributed by atoms with van der Waals surface area (Å²) in [7, 11) is 0. The number of ether oxygens (including phenoxy) is 1. The van der Waals surface area contributed by atoms with Gasteiger partial charge < -0.3 is 14.6 Å². The largest absolute Gasteiger partial charge is 0.488 e. The average Bonchev–Trinajstić information content (AvgIpc) is 3.04. The molecular formula is C15H18BrN3O. The number of aromatic nitrogens is 2. The van der Waals surface area contributed by atoms with Crippen LogP contribution in [0, 0.1) is 0 Å². The van der Waals surface area contributed by atoms with E-state index in [0.29, 0.717) is 6.04 Å². The summed E-state index contributed by atoms with van der Waals surface area (Å²) >= 11 is 3.50. The fourth-order valence-electron chi connectivity index (χ4n) is 2.51. The van der Waals surface area contributed by atoms with Gasteiger partial charge in [0.25, 0.3) is 0 Å². The van der Waals surface area contributed by atoms with Gasteiger partial charge in [-0.3, -0.25) is 0 Å². The van der Waals surface area contributed by atoms with Crippen LogP contribution >= 0.6 is 15.9 Å². The predicted molar refractivity (Wildman–Crippen MR) is 82.0 cm³/mol. The second-order valence-corrected chi connectivity index (χ2v) is 6.18. The van der Waals surface area contributed by atoms with Gasteiger partial charge in [-0.05, 0) is 30.7 Å². The minimum Gasteiger partial charge on any atom is -0.488 e. The van der Waals surface area contributed by atoms with Gasteiger partial charge in [0, 0.05) is 42.4 Å². The Bertz CT molecular complexity index is 571. The van der Waals surface area contributed by atoms with E-state index in [4.69, 9.17) is 4.74 Å². The van der Waals surface area contributed by atoms with Crippen LogP contribution in [0.4, 0.5) is 0 Å². The van der Waals surface area contributed by atoms with Crippen molar-refractivity contribution in [2.45, 2.75) is 32.0 Å². The molecule has 5 heteroatoms. The molecule has 2 atom stereocenters. The Morgan fingerprint density at radius 2 is 2.45 bits per heavy atom. The van der Waals surface area contributed by atoms with Crippen LogP contribution in [0.2, 0.25) is 0 Å². The third kappa shape index (κ3) is 3.22. The van der Waals surface area contributed by atoms with Crippen molar-refractivity contribution in [1.29, 1.82) is 0 Å². The molecule has 1 aliphatic rings. The lowest BCUT2D eigenvalue weighted by molar-refractivity contribution is 0.220. The fraction of sp³-hybridized carbons (Fsp3) is 0.400. The van der Waals surface area contributed by atoms with Crippen molar-refractivity contribution in [3.05, 3.63) is 47.0 Å². The van der Waals surface area contributed by atoms with Crippen molar-refractivity contribution in [2.75, 3.05) is 6.54 Å². The van der Waals surface area contributed by atoms with Crippen molar-refractivity contribution in [1.82, 2.24) is 14.9 Å². The Hall–Kier alpha value is -1.33. The number of fused-ring (bicyclic) bond motifs is 1. The molecule has 2 unspecified atom stereocenters. The number of nitrogens with zero attached hydrogens (tertiary/aromatic N) is 2. The van der Waals surface area contributed by atoms with Gasteiger partial charge in [0.15, 0.2) is 0 Å². The van der Waals surface area contributed by atoms with Crippen LogP contribution < -0.4 is 10.1 Å². The molecule has 3 rings (SSSR count). The first-order valence-electron chi connectivity index (χ1n) is 6.85. The molecular weight excluding hydrogens is 318 g/mol. The Labute approximate surface area is 127 Å². The fourth-order valence-corrected chi connectivity index (χ4v) is 2.92. The summed E-state index contributed by atoms with van der Waals surface area (Å²) < 4.78 is 9.14. The molecule has 0 fully saturated rings. The quantitative estimate of drug-likeness (QED) is 0.912. The maximum Gasteiger partial charge on any atom is 0.123 e. The van der Waals surface area contributed by atoms with Crippen molar-refractivity contribution < 1.29 is 4.74 Å². The zero-order valence-corrected chi connectivity index (χ0v) is 13.0. The zero-order chi connectivity index (χ0) is 13.9. The number of rotatable bonds is 5. The molecule has 20 heavy (non-hydrogen) atoms. The van der Waals surface area contributed by atoms with Gasteiger partial charge in [0.05, 0.1) is 6.33 Å². The van der Waals surface area contributed by atoms with Crippen LogP contribution in [-0.2, 0) is 13.0 Å². The van der Waals surface area contributed by atoms with Crippen LogP contribution in [0.15, 0.2) is 41.4 Å². The molecule has 2 heterocycles. The zero-order valence-electron chi connectivity index (χ0n) is 11.4. The average molecular weight is 336 g/mol. The van der Waals surface area contributed by atoms with Crippen molar-refractivity contribution in [2.24, 2.45) is 0 Å². The highest BCUT2D eigenvalue weighted by Crippen LogP contribution is 2.30. The Morgan fingerprint density at radius 1 is 1.55 bits per heavy atom. The summed E-state index contributed by atoms with van der Waals surface area (Å²) in [4.78, 5) is 4.05.